The molecule has 6 nitrogen and oxygen atoms in total. The summed E-state index contributed by atoms with van der Waals surface area (Å²) in [5, 5.41) is 12.8. The molecule has 0 aromatic rings. The quantitative estimate of drug-likeness (QED) is 0.353. The summed E-state index contributed by atoms with van der Waals surface area (Å²) in [4.78, 5) is 13.4. The van der Waals surface area contributed by atoms with E-state index in [1.165, 1.54) is 23.6 Å². The molecular weight excluding hydrogens is 388 g/mol. The van der Waals surface area contributed by atoms with E-state index in [0.717, 1.165) is 49.0 Å². The predicted molar refractivity (Wildman–Crippen MR) is 113 cm³/mol. The second-order valence-corrected chi connectivity index (χ2v) is 12.2. The molecule has 0 N–H and O–H groups in total. The van der Waals surface area contributed by atoms with Gasteiger partial charge >= 0.3 is 5.91 Å². The zero-order chi connectivity index (χ0) is 21.0. The monoisotopic (exact) mass is 424 g/mol. The van der Waals surface area contributed by atoms with E-state index in [1.54, 1.807) is 0 Å². The van der Waals surface area contributed by atoms with E-state index in [1.807, 2.05) is 0 Å². The molecule has 4 atom stereocenters. The van der Waals surface area contributed by atoms with Crippen LogP contribution < -0.4 is 0 Å². The minimum absolute atomic E-state index is 0.0671. The molecule has 1 saturated heterocycles. The van der Waals surface area contributed by atoms with Crippen LogP contribution in [0.5, 0.6) is 0 Å². The number of carbonyl (C=O) groups is 1. The standard InChI is InChI=1S/C22H36N2O4S/c1-4-5-6-7-8-9-17-10-11-18(23(17)26)20(25)24-19-14-16-12-13-22(19,21(16,2)3)15-29(24,27)28/h16,18-19H,4-15H2,1-3H3/t16-,18-,19-,22-/m1/s1. The fourth-order valence-electron chi connectivity index (χ4n) is 6.87. The summed E-state index contributed by atoms with van der Waals surface area (Å²) in [7, 11) is -3.66. The Morgan fingerprint density at radius 3 is 2.62 bits per heavy atom. The van der Waals surface area contributed by atoms with E-state index in [9.17, 15) is 18.4 Å². The molecule has 2 aliphatic carbocycles. The Morgan fingerprint density at radius 2 is 1.93 bits per heavy atom. The van der Waals surface area contributed by atoms with Gasteiger partial charge in [0.2, 0.25) is 16.1 Å². The van der Waals surface area contributed by atoms with Crippen molar-refractivity contribution < 1.29 is 18.0 Å². The van der Waals surface area contributed by atoms with Crippen molar-refractivity contribution in [1.82, 2.24) is 4.31 Å². The molecule has 2 aliphatic heterocycles. The topological polar surface area (TPSA) is 80.5 Å². The van der Waals surface area contributed by atoms with Gasteiger partial charge in [0, 0.05) is 24.7 Å². The summed E-state index contributed by atoms with van der Waals surface area (Å²) in [5.41, 5.74) is 0.381. The molecule has 164 valence electrons. The zero-order valence-electron chi connectivity index (χ0n) is 18.2. The fraction of sp³-hybridized carbons (Fsp3) is 0.909. The molecule has 4 aliphatic rings. The third-order valence-corrected chi connectivity index (χ3v) is 10.7. The van der Waals surface area contributed by atoms with Crippen LogP contribution in [0.3, 0.4) is 0 Å². The van der Waals surface area contributed by atoms with Crippen molar-refractivity contribution in [2.75, 3.05) is 5.75 Å². The van der Waals surface area contributed by atoms with Crippen molar-refractivity contribution in [1.29, 1.82) is 0 Å². The average Bonchev–Trinajstić information content (AvgIpc) is 3.27. The number of amides is 1. The first kappa shape index (κ1) is 21.1. The number of sulfonamides is 1. The van der Waals surface area contributed by atoms with Gasteiger partial charge in [0.25, 0.3) is 0 Å². The van der Waals surface area contributed by atoms with Crippen molar-refractivity contribution in [3.8, 4) is 0 Å². The molecule has 2 heterocycles. The SMILES string of the molecule is CCCCCCCC1=[N+]([O-])[C@@H](C(=O)N2[C@@H]3C[C@H]4CC[C@]3(CS2(=O)=O)C4(C)C)CC1. The maximum Gasteiger partial charge on any atom is 0.306 e. The summed E-state index contributed by atoms with van der Waals surface area (Å²) in [6.07, 6.45) is 10.1. The van der Waals surface area contributed by atoms with Crippen LogP contribution in [-0.4, -0.2) is 46.9 Å². The highest BCUT2D eigenvalue weighted by molar-refractivity contribution is 7.90. The number of hydrogen-bond donors (Lipinski definition) is 0. The molecule has 1 amide bonds. The fourth-order valence-corrected chi connectivity index (χ4v) is 9.44. The van der Waals surface area contributed by atoms with Gasteiger partial charge < -0.3 is 5.21 Å². The molecule has 1 spiro atoms. The first-order valence-corrected chi connectivity index (χ1v) is 13.1. The lowest BCUT2D eigenvalue weighted by Crippen LogP contribution is -2.49. The summed E-state index contributed by atoms with van der Waals surface area (Å²) in [6.45, 7) is 6.53. The molecule has 3 fully saturated rings. The van der Waals surface area contributed by atoms with Crippen molar-refractivity contribution in [3.05, 3.63) is 5.21 Å². The zero-order valence-corrected chi connectivity index (χ0v) is 19.0. The largest absolute Gasteiger partial charge is 0.623 e. The molecule has 0 aromatic heterocycles. The van der Waals surface area contributed by atoms with Crippen LogP contribution in [0.1, 0.15) is 91.4 Å². The Labute approximate surface area is 175 Å². The summed E-state index contributed by atoms with van der Waals surface area (Å²) >= 11 is 0. The molecule has 29 heavy (non-hydrogen) atoms. The van der Waals surface area contributed by atoms with Crippen molar-refractivity contribution in [3.63, 3.8) is 0 Å². The molecule has 0 radical (unpaired) electrons. The van der Waals surface area contributed by atoms with Gasteiger partial charge in [0.15, 0.2) is 5.71 Å². The maximum absolute atomic E-state index is 13.4. The van der Waals surface area contributed by atoms with Crippen LogP contribution in [0.25, 0.3) is 0 Å². The van der Waals surface area contributed by atoms with E-state index in [2.05, 4.69) is 20.8 Å². The van der Waals surface area contributed by atoms with Crippen LogP contribution >= 0.6 is 0 Å². The Hall–Kier alpha value is -1.11. The van der Waals surface area contributed by atoms with Crippen molar-refractivity contribution >= 4 is 21.6 Å². The molecule has 7 heteroatoms. The van der Waals surface area contributed by atoms with Gasteiger partial charge in [-0.2, -0.15) is 0 Å². The normalized spacial score (nSPS) is 36.8. The van der Waals surface area contributed by atoms with Crippen LogP contribution in [0, 0.1) is 22.0 Å². The molecule has 2 bridgehead atoms. The van der Waals surface area contributed by atoms with Crippen LogP contribution in [0.2, 0.25) is 0 Å². The van der Waals surface area contributed by atoms with Gasteiger partial charge in [0.1, 0.15) is 0 Å². The third kappa shape index (κ3) is 3.05. The van der Waals surface area contributed by atoms with E-state index in [4.69, 9.17) is 0 Å². The number of hydrogen-bond acceptors (Lipinski definition) is 4. The van der Waals surface area contributed by atoms with Gasteiger partial charge in [0.05, 0.1) is 11.8 Å². The first-order chi connectivity index (χ1) is 13.7. The van der Waals surface area contributed by atoms with Gasteiger partial charge in [-0.05, 0) is 37.0 Å². The highest BCUT2D eigenvalue weighted by Gasteiger charge is 2.72. The number of hydroxylamine groups is 1. The van der Waals surface area contributed by atoms with Gasteiger partial charge in [-0.25, -0.2) is 17.5 Å². The number of carbonyl (C=O) groups excluding carboxylic acids is 1. The summed E-state index contributed by atoms with van der Waals surface area (Å²) < 4.78 is 28.2. The van der Waals surface area contributed by atoms with Gasteiger partial charge in [-0.15, -0.1) is 0 Å². The number of rotatable bonds is 7. The molecular formula is C22H36N2O4S. The number of fused-ring (bicyclic) bond motifs is 1. The lowest BCUT2D eigenvalue weighted by Gasteiger charge is -2.37. The minimum Gasteiger partial charge on any atom is -0.623 e. The van der Waals surface area contributed by atoms with Crippen LogP contribution in [0.4, 0.5) is 0 Å². The molecule has 4 rings (SSSR count). The lowest BCUT2D eigenvalue weighted by atomic mass is 9.69. The third-order valence-electron chi connectivity index (χ3n) is 8.78. The average molecular weight is 425 g/mol. The highest BCUT2D eigenvalue weighted by atomic mass is 32.2. The Balaban J connectivity index is 1.50. The predicted octanol–water partition coefficient (Wildman–Crippen LogP) is 3.83. The molecule has 0 aromatic carbocycles. The van der Waals surface area contributed by atoms with Crippen molar-refractivity contribution in [2.24, 2.45) is 16.7 Å². The summed E-state index contributed by atoms with van der Waals surface area (Å²) in [6, 6.07) is -1.10. The Bertz CT molecular complexity index is 819. The second-order valence-electron chi connectivity index (χ2n) is 10.4. The minimum atomic E-state index is -3.66. The van der Waals surface area contributed by atoms with Gasteiger partial charge in [-0.3, -0.25) is 4.79 Å². The van der Waals surface area contributed by atoms with Gasteiger partial charge in [-0.1, -0.05) is 46.5 Å². The Kier molecular flexibility index (Phi) is 5.28. The summed E-state index contributed by atoms with van der Waals surface area (Å²) in [5.74, 6) is 0.0705. The second kappa shape index (κ2) is 7.24. The maximum atomic E-state index is 13.4. The van der Waals surface area contributed by atoms with E-state index in [-0.39, 0.29) is 22.6 Å². The lowest BCUT2D eigenvalue weighted by molar-refractivity contribution is -0.479. The smallest absolute Gasteiger partial charge is 0.306 e. The van der Waals surface area contributed by atoms with Crippen LogP contribution in [0.15, 0.2) is 0 Å². The molecule has 2 saturated carbocycles. The van der Waals surface area contributed by atoms with Crippen LogP contribution in [-0.2, 0) is 14.8 Å². The van der Waals surface area contributed by atoms with E-state index >= 15 is 0 Å². The van der Waals surface area contributed by atoms with E-state index < -0.39 is 22.0 Å². The Morgan fingerprint density at radius 1 is 1.21 bits per heavy atom. The molecule has 0 unspecified atom stereocenters. The number of unbranched alkanes of at least 4 members (excludes halogenated alkanes) is 4. The number of nitrogens with zero attached hydrogens (tertiary/aromatic N) is 2. The van der Waals surface area contributed by atoms with Crippen molar-refractivity contribution in [2.45, 2.75) is 103 Å². The first-order valence-electron chi connectivity index (χ1n) is 11.5. The highest BCUT2D eigenvalue weighted by Crippen LogP contribution is 2.70. The van der Waals surface area contributed by atoms with E-state index in [0.29, 0.717) is 18.8 Å².